The Kier molecular flexibility index (Phi) is 4.87. The van der Waals surface area contributed by atoms with Gasteiger partial charge in [0.05, 0.1) is 5.69 Å². The third kappa shape index (κ3) is 3.66. The Bertz CT molecular complexity index is 551. The highest BCUT2D eigenvalue weighted by Crippen LogP contribution is 2.15. The molecule has 5 nitrogen and oxygen atoms in total. The number of aliphatic carboxylic acids is 1. The second-order valence-electron chi connectivity index (χ2n) is 4.85. The lowest BCUT2D eigenvalue weighted by Crippen LogP contribution is -2.19. The van der Waals surface area contributed by atoms with Crippen LogP contribution in [0.4, 0.5) is 0 Å². The number of hydrogen-bond acceptors (Lipinski definition) is 3. The number of hydrogen-bond donors (Lipinski definition) is 1. The monoisotopic (exact) mass is 273 g/mol. The third-order valence-electron chi connectivity index (χ3n) is 3.22. The Hall–Kier alpha value is -2.17. The van der Waals surface area contributed by atoms with E-state index in [9.17, 15) is 9.90 Å². The van der Waals surface area contributed by atoms with Gasteiger partial charge in [-0.1, -0.05) is 55.3 Å². The summed E-state index contributed by atoms with van der Waals surface area (Å²) >= 11 is 0. The molecule has 1 aromatic carbocycles. The van der Waals surface area contributed by atoms with Crippen LogP contribution in [0.1, 0.15) is 43.5 Å². The van der Waals surface area contributed by atoms with Gasteiger partial charge in [0.2, 0.25) is 0 Å². The van der Waals surface area contributed by atoms with Gasteiger partial charge in [-0.2, -0.15) is 0 Å². The number of carboxylic acids is 1. The Balaban J connectivity index is 2.08. The van der Waals surface area contributed by atoms with Gasteiger partial charge in [-0.3, -0.25) is 0 Å². The zero-order valence-electron chi connectivity index (χ0n) is 11.6. The fourth-order valence-corrected chi connectivity index (χ4v) is 2.12. The molecule has 0 spiro atoms. The molecule has 20 heavy (non-hydrogen) atoms. The van der Waals surface area contributed by atoms with Crippen molar-refractivity contribution in [2.45, 2.75) is 38.6 Å². The maximum absolute atomic E-state index is 11.3. The molecule has 0 bridgehead atoms. The molecule has 1 atom stereocenters. The summed E-state index contributed by atoms with van der Waals surface area (Å²) < 4.78 is 1.47. The summed E-state index contributed by atoms with van der Waals surface area (Å²) in [4.78, 5) is 11.3. The summed E-state index contributed by atoms with van der Waals surface area (Å²) in [5.41, 5.74) is 1.93. The largest absolute Gasteiger partial charge is 0.480 e. The van der Waals surface area contributed by atoms with Crippen molar-refractivity contribution in [2.24, 2.45) is 0 Å². The van der Waals surface area contributed by atoms with Crippen LogP contribution < -0.4 is 0 Å². The smallest absolute Gasteiger partial charge is 0.328 e. The quantitative estimate of drug-likeness (QED) is 0.842. The molecular formula is C15H19N3O2. The number of benzene rings is 1. The summed E-state index contributed by atoms with van der Waals surface area (Å²) in [6, 6.07) is 9.33. The van der Waals surface area contributed by atoms with E-state index in [1.807, 2.05) is 37.3 Å². The minimum atomic E-state index is -0.852. The Morgan fingerprint density at radius 2 is 2.10 bits per heavy atom. The highest BCUT2D eigenvalue weighted by atomic mass is 16.4. The molecular weight excluding hydrogens is 254 g/mol. The molecule has 2 rings (SSSR count). The maximum atomic E-state index is 11.3. The van der Waals surface area contributed by atoms with E-state index in [1.165, 1.54) is 4.68 Å². The molecule has 0 aliphatic heterocycles. The second-order valence-corrected chi connectivity index (χ2v) is 4.85. The van der Waals surface area contributed by atoms with Crippen molar-refractivity contribution in [1.29, 1.82) is 0 Å². The zero-order valence-corrected chi connectivity index (χ0v) is 11.6. The van der Waals surface area contributed by atoms with Crippen LogP contribution in [0.15, 0.2) is 36.5 Å². The highest BCUT2D eigenvalue weighted by molar-refractivity contribution is 5.71. The number of nitrogens with zero attached hydrogens (tertiary/aromatic N) is 3. The van der Waals surface area contributed by atoms with Crippen molar-refractivity contribution >= 4 is 5.97 Å². The van der Waals surface area contributed by atoms with Gasteiger partial charge in [0.15, 0.2) is 6.04 Å². The first-order valence-electron chi connectivity index (χ1n) is 6.88. The van der Waals surface area contributed by atoms with Gasteiger partial charge in [0.1, 0.15) is 0 Å². The minimum absolute atomic E-state index is 0.583. The summed E-state index contributed by atoms with van der Waals surface area (Å²) in [7, 11) is 0. The normalized spacial score (nSPS) is 12.2. The molecule has 0 aliphatic rings. The standard InChI is InChI=1S/C15H19N3O2/c1-2-3-9-14(15(19)20)18-11-13(16-17-18)10-12-7-5-4-6-8-12/h4-8,11,14H,2-3,9-10H2,1H3,(H,19,20)/t14-/m1/s1. The van der Waals surface area contributed by atoms with Crippen LogP contribution in [-0.2, 0) is 11.2 Å². The van der Waals surface area contributed by atoms with Crippen molar-refractivity contribution in [2.75, 3.05) is 0 Å². The van der Waals surface area contributed by atoms with Gasteiger partial charge in [0, 0.05) is 12.6 Å². The molecule has 0 fully saturated rings. The number of aromatic nitrogens is 3. The second kappa shape index (κ2) is 6.84. The van der Waals surface area contributed by atoms with Crippen LogP contribution in [0.25, 0.3) is 0 Å². The van der Waals surface area contributed by atoms with Crippen LogP contribution in [0.5, 0.6) is 0 Å². The average Bonchev–Trinajstić information content (AvgIpc) is 2.88. The molecule has 0 saturated carbocycles. The van der Waals surface area contributed by atoms with E-state index < -0.39 is 12.0 Å². The van der Waals surface area contributed by atoms with Crippen molar-refractivity contribution < 1.29 is 9.90 Å². The molecule has 5 heteroatoms. The first-order chi connectivity index (χ1) is 9.70. The summed E-state index contributed by atoms with van der Waals surface area (Å²) in [6.07, 6.45) is 4.82. The van der Waals surface area contributed by atoms with Crippen LogP contribution in [0.2, 0.25) is 0 Å². The van der Waals surface area contributed by atoms with Crippen molar-refractivity contribution in [3.8, 4) is 0 Å². The summed E-state index contributed by atoms with van der Waals surface area (Å²) in [5.74, 6) is -0.852. The van der Waals surface area contributed by atoms with Gasteiger partial charge >= 0.3 is 5.97 Å². The van der Waals surface area contributed by atoms with Crippen molar-refractivity contribution in [3.05, 3.63) is 47.8 Å². The molecule has 1 heterocycles. The molecule has 0 radical (unpaired) electrons. The van der Waals surface area contributed by atoms with Gasteiger partial charge in [-0.25, -0.2) is 9.48 Å². The molecule has 1 aromatic heterocycles. The number of rotatable bonds is 7. The van der Waals surface area contributed by atoms with E-state index >= 15 is 0 Å². The van der Waals surface area contributed by atoms with Crippen molar-refractivity contribution in [3.63, 3.8) is 0 Å². The molecule has 0 unspecified atom stereocenters. The lowest BCUT2D eigenvalue weighted by Gasteiger charge is -2.10. The van der Waals surface area contributed by atoms with E-state index in [0.717, 1.165) is 24.1 Å². The third-order valence-corrected chi connectivity index (χ3v) is 3.22. The summed E-state index contributed by atoms with van der Waals surface area (Å²) in [6.45, 7) is 2.04. The van der Waals surface area contributed by atoms with Crippen molar-refractivity contribution in [1.82, 2.24) is 15.0 Å². The molecule has 106 valence electrons. The van der Waals surface area contributed by atoms with Crippen LogP contribution in [-0.4, -0.2) is 26.1 Å². The van der Waals surface area contributed by atoms with Gasteiger partial charge < -0.3 is 5.11 Å². The number of carboxylic acid groups (broad SMARTS) is 1. The fourth-order valence-electron chi connectivity index (χ4n) is 2.12. The van der Waals surface area contributed by atoms with Gasteiger partial charge in [-0.05, 0) is 12.0 Å². The summed E-state index contributed by atoms with van der Waals surface area (Å²) in [5, 5.41) is 17.3. The van der Waals surface area contributed by atoms with E-state index in [1.54, 1.807) is 6.20 Å². The molecule has 0 saturated heterocycles. The van der Waals surface area contributed by atoms with Crippen LogP contribution in [0.3, 0.4) is 0 Å². The van der Waals surface area contributed by atoms with E-state index in [0.29, 0.717) is 12.8 Å². The lowest BCUT2D eigenvalue weighted by molar-refractivity contribution is -0.141. The predicted molar refractivity (Wildman–Crippen MR) is 75.5 cm³/mol. The molecule has 0 amide bonds. The van der Waals surface area contributed by atoms with E-state index in [2.05, 4.69) is 10.3 Å². The number of carbonyl (C=O) groups is 1. The van der Waals surface area contributed by atoms with Gasteiger partial charge in [0.25, 0.3) is 0 Å². The first kappa shape index (κ1) is 14.2. The maximum Gasteiger partial charge on any atom is 0.328 e. The van der Waals surface area contributed by atoms with Crippen LogP contribution >= 0.6 is 0 Å². The Morgan fingerprint density at radius 3 is 2.75 bits per heavy atom. The SMILES string of the molecule is CCCC[C@H](C(=O)O)n1cc(Cc2ccccc2)nn1. The first-order valence-corrected chi connectivity index (χ1v) is 6.88. The van der Waals surface area contributed by atoms with E-state index in [4.69, 9.17) is 0 Å². The Labute approximate surface area is 118 Å². The number of unbranched alkanes of at least 4 members (excludes halogenated alkanes) is 1. The van der Waals surface area contributed by atoms with Gasteiger partial charge in [-0.15, -0.1) is 5.10 Å². The van der Waals surface area contributed by atoms with Crippen LogP contribution in [0, 0.1) is 0 Å². The zero-order chi connectivity index (χ0) is 14.4. The molecule has 0 aliphatic carbocycles. The topological polar surface area (TPSA) is 68.0 Å². The van der Waals surface area contributed by atoms with E-state index in [-0.39, 0.29) is 0 Å². The predicted octanol–water partition coefficient (Wildman–Crippen LogP) is 2.68. The highest BCUT2D eigenvalue weighted by Gasteiger charge is 2.20. The minimum Gasteiger partial charge on any atom is -0.480 e. The molecule has 2 aromatic rings. The lowest BCUT2D eigenvalue weighted by atomic mass is 10.1. The molecule has 1 N–H and O–H groups in total. The fraction of sp³-hybridized carbons (Fsp3) is 0.400. The average molecular weight is 273 g/mol. The Morgan fingerprint density at radius 1 is 1.35 bits per heavy atom.